The molecule has 0 bridgehead atoms. The maximum atomic E-state index is 4.66. The average Bonchev–Trinajstić information content (AvgIpc) is 3.12. The molecule has 7 heteroatoms. The number of aromatic nitrogens is 2. The van der Waals surface area contributed by atoms with E-state index in [1.807, 2.05) is 22.2 Å². The molecular formula is C17H22IN5S. The van der Waals surface area contributed by atoms with Gasteiger partial charge in [0, 0.05) is 24.3 Å². The second kappa shape index (κ2) is 9.03. The summed E-state index contributed by atoms with van der Waals surface area (Å²) in [5.41, 5.74) is 3.52. The molecule has 2 aromatic heterocycles. The molecule has 0 radical (unpaired) electrons. The van der Waals surface area contributed by atoms with Crippen molar-refractivity contribution >= 4 is 46.2 Å². The number of benzene rings is 1. The molecule has 0 unspecified atom stereocenters. The Balaban J connectivity index is 0.00000208. The fourth-order valence-electron chi connectivity index (χ4n) is 2.33. The fourth-order valence-corrected chi connectivity index (χ4v) is 3.05. The lowest BCUT2D eigenvalue weighted by atomic mass is 10.1. The lowest BCUT2D eigenvalue weighted by Gasteiger charge is -2.10. The summed E-state index contributed by atoms with van der Waals surface area (Å²) in [7, 11) is 0. The van der Waals surface area contributed by atoms with E-state index in [0.29, 0.717) is 13.1 Å². The highest BCUT2D eigenvalue weighted by atomic mass is 127. The predicted octanol–water partition coefficient (Wildman–Crippen LogP) is 3.58. The van der Waals surface area contributed by atoms with Crippen LogP contribution in [0.1, 0.15) is 23.7 Å². The molecule has 0 aliphatic carbocycles. The maximum absolute atomic E-state index is 4.66. The van der Waals surface area contributed by atoms with Crippen molar-refractivity contribution in [3.8, 4) is 0 Å². The standard InChI is InChI=1S/C17H21N5S.HI/c1-3-18-16(19-10-14-7-5-4-6-13(14)2)20-11-15-12-22-8-9-23-17(22)21-15;/h4-9,12H,3,10-11H2,1-2H3,(H2,18,19,20);1H. The summed E-state index contributed by atoms with van der Waals surface area (Å²) in [5, 5.41) is 8.66. The van der Waals surface area contributed by atoms with E-state index in [-0.39, 0.29) is 24.0 Å². The molecule has 2 heterocycles. The molecular weight excluding hydrogens is 433 g/mol. The van der Waals surface area contributed by atoms with Crippen LogP contribution in [0.3, 0.4) is 0 Å². The fraction of sp³-hybridized carbons (Fsp3) is 0.294. The minimum absolute atomic E-state index is 0. The third kappa shape index (κ3) is 4.70. The van der Waals surface area contributed by atoms with Crippen LogP contribution < -0.4 is 10.6 Å². The molecule has 3 aromatic rings. The Morgan fingerprint density at radius 3 is 2.88 bits per heavy atom. The van der Waals surface area contributed by atoms with Crippen molar-refractivity contribution in [1.82, 2.24) is 20.0 Å². The zero-order valence-corrected chi connectivity index (χ0v) is 17.0. The van der Waals surface area contributed by atoms with Gasteiger partial charge in [0.1, 0.15) is 0 Å². The lowest BCUT2D eigenvalue weighted by molar-refractivity contribution is 0.803. The van der Waals surface area contributed by atoms with E-state index in [2.05, 4.69) is 58.7 Å². The van der Waals surface area contributed by atoms with E-state index in [4.69, 9.17) is 0 Å². The Morgan fingerprint density at radius 1 is 1.29 bits per heavy atom. The van der Waals surface area contributed by atoms with Gasteiger partial charge in [0.05, 0.1) is 18.8 Å². The first-order chi connectivity index (χ1) is 11.3. The number of hydrogen-bond acceptors (Lipinski definition) is 3. The number of thiazole rings is 1. The third-order valence-electron chi connectivity index (χ3n) is 3.59. The predicted molar refractivity (Wildman–Crippen MR) is 111 cm³/mol. The van der Waals surface area contributed by atoms with Crippen LogP contribution >= 0.6 is 35.3 Å². The van der Waals surface area contributed by atoms with Crippen molar-refractivity contribution in [3.63, 3.8) is 0 Å². The van der Waals surface area contributed by atoms with Crippen molar-refractivity contribution in [2.75, 3.05) is 6.54 Å². The Labute approximate surface area is 163 Å². The van der Waals surface area contributed by atoms with Crippen LogP contribution in [0.5, 0.6) is 0 Å². The van der Waals surface area contributed by atoms with Gasteiger partial charge in [0.2, 0.25) is 0 Å². The number of hydrogen-bond donors (Lipinski definition) is 2. The minimum atomic E-state index is 0. The molecule has 0 spiro atoms. The van der Waals surface area contributed by atoms with Crippen molar-refractivity contribution < 1.29 is 0 Å². The molecule has 0 saturated heterocycles. The number of imidazole rings is 1. The number of fused-ring (bicyclic) bond motifs is 1. The number of nitrogens with zero attached hydrogens (tertiary/aromatic N) is 3. The van der Waals surface area contributed by atoms with E-state index in [9.17, 15) is 0 Å². The number of aliphatic imine (C=N–C) groups is 1. The van der Waals surface area contributed by atoms with Crippen LogP contribution in [0, 0.1) is 6.92 Å². The van der Waals surface area contributed by atoms with Crippen LogP contribution in [-0.4, -0.2) is 21.9 Å². The summed E-state index contributed by atoms with van der Waals surface area (Å²) in [5.74, 6) is 0.812. The first-order valence-electron chi connectivity index (χ1n) is 7.74. The summed E-state index contributed by atoms with van der Waals surface area (Å²) < 4.78 is 2.04. The Kier molecular flexibility index (Phi) is 7.04. The van der Waals surface area contributed by atoms with Gasteiger partial charge in [-0.25, -0.2) is 9.98 Å². The van der Waals surface area contributed by atoms with E-state index in [1.54, 1.807) is 11.3 Å². The molecule has 5 nitrogen and oxygen atoms in total. The quantitative estimate of drug-likeness (QED) is 0.352. The van der Waals surface area contributed by atoms with Gasteiger partial charge < -0.3 is 10.6 Å². The molecule has 0 amide bonds. The van der Waals surface area contributed by atoms with Gasteiger partial charge in [-0.1, -0.05) is 24.3 Å². The van der Waals surface area contributed by atoms with Crippen molar-refractivity contribution in [1.29, 1.82) is 0 Å². The third-order valence-corrected chi connectivity index (χ3v) is 4.36. The highest BCUT2D eigenvalue weighted by molar-refractivity contribution is 14.0. The first kappa shape index (κ1) is 18.7. The molecule has 0 aliphatic rings. The highest BCUT2D eigenvalue weighted by Crippen LogP contribution is 2.11. The number of rotatable bonds is 5. The average molecular weight is 455 g/mol. The monoisotopic (exact) mass is 455 g/mol. The topological polar surface area (TPSA) is 53.7 Å². The van der Waals surface area contributed by atoms with Gasteiger partial charge in [0.15, 0.2) is 10.9 Å². The van der Waals surface area contributed by atoms with Gasteiger partial charge in [-0.15, -0.1) is 35.3 Å². The molecule has 1 aromatic carbocycles. The highest BCUT2D eigenvalue weighted by Gasteiger charge is 2.04. The van der Waals surface area contributed by atoms with E-state index >= 15 is 0 Å². The zero-order chi connectivity index (χ0) is 16.1. The summed E-state index contributed by atoms with van der Waals surface area (Å²) in [6, 6.07) is 8.33. The number of nitrogens with one attached hydrogen (secondary N) is 2. The molecule has 0 aliphatic heterocycles. The van der Waals surface area contributed by atoms with Crippen LogP contribution in [0.25, 0.3) is 4.96 Å². The van der Waals surface area contributed by atoms with Crippen molar-refractivity contribution in [3.05, 3.63) is 58.9 Å². The Hall–Kier alpha value is -1.61. The van der Waals surface area contributed by atoms with Gasteiger partial charge in [-0.2, -0.15) is 0 Å². The summed E-state index contributed by atoms with van der Waals surface area (Å²) in [4.78, 5) is 10.3. The largest absolute Gasteiger partial charge is 0.357 e. The molecule has 24 heavy (non-hydrogen) atoms. The molecule has 0 atom stereocenters. The number of aryl methyl sites for hydroxylation is 1. The molecule has 2 N–H and O–H groups in total. The van der Waals surface area contributed by atoms with Crippen LogP contribution in [0.4, 0.5) is 0 Å². The van der Waals surface area contributed by atoms with E-state index < -0.39 is 0 Å². The van der Waals surface area contributed by atoms with Gasteiger partial charge in [-0.3, -0.25) is 4.40 Å². The Morgan fingerprint density at radius 2 is 2.12 bits per heavy atom. The maximum Gasteiger partial charge on any atom is 0.193 e. The summed E-state index contributed by atoms with van der Waals surface area (Å²) in [6.07, 6.45) is 4.07. The van der Waals surface area contributed by atoms with E-state index in [1.165, 1.54) is 11.1 Å². The minimum Gasteiger partial charge on any atom is -0.357 e. The second-order valence-corrected chi connectivity index (χ2v) is 6.17. The van der Waals surface area contributed by atoms with Crippen LogP contribution in [0.2, 0.25) is 0 Å². The molecule has 0 fully saturated rings. The van der Waals surface area contributed by atoms with Crippen LogP contribution in [0.15, 0.2) is 47.0 Å². The van der Waals surface area contributed by atoms with Crippen molar-refractivity contribution in [2.45, 2.75) is 26.9 Å². The van der Waals surface area contributed by atoms with E-state index in [0.717, 1.165) is 23.2 Å². The SMILES string of the molecule is CCNC(=NCc1ccccc1C)NCc1cn2ccsc2n1.I. The number of guanidine groups is 1. The van der Waals surface area contributed by atoms with Crippen LogP contribution in [-0.2, 0) is 13.1 Å². The second-order valence-electron chi connectivity index (χ2n) is 5.30. The van der Waals surface area contributed by atoms with Crippen molar-refractivity contribution in [2.24, 2.45) is 4.99 Å². The zero-order valence-electron chi connectivity index (χ0n) is 13.8. The summed E-state index contributed by atoms with van der Waals surface area (Å²) >= 11 is 1.64. The van der Waals surface area contributed by atoms with Gasteiger partial charge in [-0.05, 0) is 25.0 Å². The molecule has 128 valence electrons. The smallest absolute Gasteiger partial charge is 0.193 e. The lowest BCUT2D eigenvalue weighted by Crippen LogP contribution is -2.36. The number of halogens is 1. The first-order valence-corrected chi connectivity index (χ1v) is 8.62. The molecule has 0 saturated carbocycles. The Bertz CT molecular complexity index is 780. The normalized spacial score (nSPS) is 11.3. The van der Waals surface area contributed by atoms with Gasteiger partial charge in [0.25, 0.3) is 0 Å². The molecule has 3 rings (SSSR count). The summed E-state index contributed by atoms with van der Waals surface area (Å²) in [6.45, 7) is 6.34. The van der Waals surface area contributed by atoms with Gasteiger partial charge >= 0.3 is 0 Å².